The van der Waals surface area contributed by atoms with E-state index in [4.69, 9.17) is 16.7 Å². The molecule has 0 aliphatic carbocycles. The lowest BCUT2D eigenvalue weighted by molar-refractivity contribution is 0.229. The van der Waals surface area contributed by atoms with E-state index < -0.39 is 0 Å². The Morgan fingerprint density at radius 3 is 3.00 bits per heavy atom. The molecule has 0 aromatic heterocycles. The lowest BCUT2D eigenvalue weighted by Gasteiger charge is -2.35. The van der Waals surface area contributed by atoms with E-state index in [0.717, 1.165) is 36.6 Å². The van der Waals surface area contributed by atoms with Crippen LogP contribution in [0, 0.1) is 5.92 Å². The van der Waals surface area contributed by atoms with Crippen LogP contribution in [0.4, 0.5) is 10.5 Å². The molecule has 1 fully saturated rings. The highest BCUT2D eigenvalue weighted by Crippen LogP contribution is 2.27. The van der Waals surface area contributed by atoms with Crippen molar-refractivity contribution in [1.29, 1.82) is 0 Å². The Morgan fingerprint density at radius 2 is 2.26 bits per heavy atom. The van der Waals surface area contributed by atoms with Crippen molar-refractivity contribution in [2.45, 2.75) is 32.2 Å². The number of aliphatic hydroxyl groups excluding tert-OH is 1. The van der Waals surface area contributed by atoms with E-state index in [0.29, 0.717) is 13.0 Å². The normalized spacial score (nSPS) is 19.3. The van der Waals surface area contributed by atoms with Crippen molar-refractivity contribution < 1.29 is 9.90 Å². The molecule has 6 heteroatoms. The number of aliphatic hydroxyl groups is 1. The Morgan fingerprint density at radius 1 is 1.48 bits per heavy atom. The number of nitrogens with one attached hydrogen (secondary N) is 2. The summed E-state index contributed by atoms with van der Waals surface area (Å²) in [6.07, 6.45) is 2.70. The third-order valence-corrected chi connectivity index (χ3v) is 4.50. The van der Waals surface area contributed by atoms with Crippen LogP contribution in [-0.2, 0) is 0 Å². The van der Waals surface area contributed by atoms with Gasteiger partial charge in [-0.05, 0) is 37.3 Å². The highest BCUT2D eigenvalue weighted by molar-refractivity contribution is 6.33. The van der Waals surface area contributed by atoms with Crippen molar-refractivity contribution >= 4 is 23.3 Å². The molecule has 1 aromatic carbocycles. The van der Waals surface area contributed by atoms with E-state index in [1.807, 2.05) is 31.2 Å². The van der Waals surface area contributed by atoms with Crippen LogP contribution in [0.3, 0.4) is 0 Å². The van der Waals surface area contributed by atoms with Gasteiger partial charge in [0.25, 0.3) is 0 Å². The van der Waals surface area contributed by atoms with Gasteiger partial charge in [0.05, 0.1) is 10.7 Å². The fourth-order valence-corrected chi connectivity index (χ4v) is 3.10. The number of carbonyl (C=O) groups is 1. The minimum absolute atomic E-state index is 0.119. The zero-order valence-electron chi connectivity index (χ0n) is 13.6. The summed E-state index contributed by atoms with van der Waals surface area (Å²) in [5.74, 6) is 0.275. The van der Waals surface area contributed by atoms with E-state index >= 15 is 0 Å². The molecule has 2 amide bonds. The van der Waals surface area contributed by atoms with Gasteiger partial charge in [-0.3, -0.25) is 0 Å². The van der Waals surface area contributed by atoms with E-state index in [9.17, 15) is 4.79 Å². The van der Waals surface area contributed by atoms with Crippen molar-refractivity contribution in [3.8, 4) is 0 Å². The maximum atomic E-state index is 12.0. The molecule has 3 N–H and O–H groups in total. The Balaban J connectivity index is 1.82. The number of benzene rings is 1. The smallest absolute Gasteiger partial charge is 0.315 e. The zero-order valence-corrected chi connectivity index (χ0v) is 14.4. The van der Waals surface area contributed by atoms with Gasteiger partial charge in [0, 0.05) is 32.3 Å². The lowest BCUT2D eigenvalue weighted by atomic mass is 10.0. The van der Waals surface area contributed by atoms with E-state index in [2.05, 4.69) is 15.5 Å². The molecule has 0 saturated carbocycles. The van der Waals surface area contributed by atoms with Crippen LogP contribution < -0.4 is 15.5 Å². The number of piperidine rings is 1. The second kappa shape index (κ2) is 8.99. The van der Waals surface area contributed by atoms with Crippen LogP contribution in [0.15, 0.2) is 24.3 Å². The number of amides is 2. The Hall–Kier alpha value is -1.46. The SMILES string of the molecule is C[C@H](CCO)CNC(=O)N[C@@H]1CCCN(c2ccccc2Cl)C1. The van der Waals surface area contributed by atoms with Gasteiger partial charge in [-0.15, -0.1) is 0 Å². The average molecular weight is 340 g/mol. The summed E-state index contributed by atoms with van der Waals surface area (Å²) in [5, 5.41) is 15.5. The van der Waals surface area contributed by atoms with Crippen LogP contribution >= 0.6 is 11.6 Å². The highest BCUT2D eigenvalue weighted by Gasteiger charge is 2.22. The van der Waals surface area contributed by atoms with Gasteiger partial charge >= 0.3 is 6.03 Å². The Bertz CT molecular complexity index is 512. The summed E-state index contributed by atoms with van der Waals surface area (Å²) in [6, 6.07) is 7.79. The molecule has 1 aliphatic rings. The van der Waals surface area contributed by atoms with E-state index in [1.165, 1.54) is 0 Å². The number of nitrogens with zero attached hydrogens (tertiary/aromatic N) is 1. The lowest BCUT2D eigenvalue weighted by Crippen LogP contribution is -2.51. The molecule has 0 unspecified atom stereocenters. The van der Waals surface area contributed by atoms with Crippen LogP contribution in [0.5, 0.6) is 0 Å². The first kappa shape index (κ1) is 17.9. The maximum absolute atomic E-state index is 12.0. The fourth-order valence-electron chi connectivity index (χ4n) is 2.85. The molecule has 1 aromatic rings. The fraction of sp³-hybridized carbons (Fsp3) is 0.588. The summed E-state index contributed by atoms with van der Waals surface area (Å²) in [4.78, 5) is 14.2. The topological polar surface area (TPSA) is 64.6 Å². The standard InChI is InChI=1S/C17H26ClN3O2/c1-13(8-10-22)11-19-17(23)20-14-5-4-9-21(12-14)16-7-3-2-6-15(16)18/h2-3,6-7,13-14,22H,4-5,8-12H2,1H3,(H2,19,20,23)/t13-,14-/m1/s1. The van der Waals surface area contributed by atoms with Crippen molar-refractivity contribution in [2.24, 2.45) is 5.92 Å². The van der Waals surface area contributed by atoms with Crippen molar-refractivity contribution in [3.05, 3.63) is 29.3 Å². The predicted molar refractivity (Wildman–Crippen MR) is 94.1 cm³/mol. The molecule has 0 bridgehead atoms. The summed E-state index contributed by atoms with van der Waals surface area (Å²) < 4.78 is 0. The third-order valence-electron chi connectivity index (χ3n) is 4.18. The van der Waals surface area contributed by atoms with E-state index in [1.54, 1.807) is 0 Å². The number of hydrogen-bond acceptors (Lipinski definition) is 3. The number of para-hydroxylation sites is 1. The molecule has 1 heterocycles. The van der Waals surface area contributed by atoms with Gasteiger partial charge in [-0.2, -0.15) is 0 Å². The largest absolute Gasteiger partial charge is 0.396 e. The van der Waals surface area contributed by atoms with Crippen LogP contribution in [0.25, 0.3) is 0 Å². The second-order valence-corrected chi connectivity index (χ2v) is 6.62. The Labute approximate surface area is 143 Å². The second-order valence-electron chi connectivity index (χ2n) is 6.21. The molecule has 0 radical (unpaired) electrons. The monoisotopic (exact) mass is 339 g/mol. The molecule has 1 aliphatic heterocycles. The van der Waals surface area contributed by atoms with Gasteiger partial charge < -0.3 is 20.6 Å². The van der Waals surface area contributed by atoms with Crippen molar-refractivity contribution in [1.82, 2.24) is 10.6 Å². The highest BCUT2D eigenvalue weighted by atomic mass is 35.5. The van der Waals surface area contributed by atoms with Crippen LogP contribution in [-0.4, -0.2) is 43.4 Å². The molecule has 2 rings (SSSR count). The van der Waals surface area contributed by atoms with Crippen LogP contribution in [0.2, 0.25) is 5.02 Å². The molecule has 1 saturated heterocycles. The first-order valence-electron chi connectivity index (χ1n) is 8.25. The number of hydrogen-bond donors (Lipinski definition) is 3. The minimum atomic E-state index is -0.138. The molecule has 5 nitrogen and oxygen atoms in total. The number of rotatable bonds is 6. The summed E-state index contributed by atoms with van der Waals surface area (Å²) in [6.45, 7) is 4.46. The first-order valence-corrected chi connectivity index (χ1v) is 8.62. The summed E-state index contributed by atoms with van der Waals surface area (Å²) >= 11 is 6.26. The maximum Gasteiger partial charge on any atom is 0.315 e. The Kier molecular flexibility index (Phi) is 6.99. The van der Waals surface area contributed by atoms with Gasteiger partial charge in [-0.25, -0.2) is 4.79 Å². The van der Waals surface area contributed by atoms with Crippen molar-refractivity contribution in [2.75, 3.05) is 31.1 Å². The molecule has 0 spiro atoms. The van der Waals surface area contributed by atoms with Gasteiger partial charge in [0.2, 0.25) is 0 Å². The van der Waals surface area contributed by atoms with Gasteiger partial charge in [-0.1, -0.05) is 30.7 Å². The molecule has 128 valence electrons. The average Bonchev–Trinajstić information content (AvgIpc) is 2.54. The van der Waals surface area contributed by atoms with E-state index in [-0.39, 0.29) is 24.6 Å². The number of halogens is 1. The first-order chi connectivity index (χ1) is 11.1. The summed E-state index contributed by atoms with van der Waals surface area (Å²) in [7, 11) is 0. The molecule has 2 atom stereocenters. The predicted octanol–water partition coefficient (Wildman–Crippen LogP) is 2.63. The number of urea groups is 1. The van der Waals surface area contributed by atoms with Crippen LogP contribution in [0.1, 0.15) is 26.2 Å². The molecular weight excluding hydrogens is 314 g/mol. The summed E-state index contributed by atoms with van der Waals surface area (Å²) in [5.41, 5.74) is 1.03. The molecular formula is C17H26ClN3O2. The zero-order chi connectivity index (χ0) is 16.7. The van der Waals surface area contributed by atoms with Gasteiger partial charge in [0.15, 0.2) is 0 Å². The van der Waals surface area contributed by atoms with Gasteiger partial charge in [0.1, 0.15) is 0 Å². The molecule has 23 heavy (non-hydrogen) atoms. The van der Waals surface area contributed by atoms with Crippen molar-refractivity contribution in [3.63, 3.8) is 0 Å². The quantitative estimate of drug-likeness (QED) is 0.746. The third kappa shape index (κ3) is 5.59. The number of carbonyl (C=O) groups excluding carboxylic acids is 1. The number of anilines is 1. The minimum Gasteiger partial charge on any atom is -0.396 e.